The lowest BCUT2D eigenvalue weighted by Crippen LogP contribution is -1.97. The van der Waals surface area contributed by atoms with Crippen LogP contribution in [0.3, 0.4) is 0 Å². The Morgan fingerprint density at radius 2 is 2.33 bits per heavy atom. The van der Waals surface area contributed by atoms with Gasteiger partial charge in [-0.3, -0.25) is 4.79 Å². The Morgan fingerprint density at radius 1 is 1.50 bits per heavy atom. The quantitative estimate of drug-likeness (QED) is 0.896. The first-order chi connectivity index (χ1) is 8.69. The number of aryl methyl sites for hydroxylation is 1. The zero-order valence-corrected chi connectivity index (χ0v) is 10.6. The first kappa shape index (κ1) is 12.5. The van der Waals surface area contributed by atoms with Crippen molar-refractivity contribution in [2.75, 3.05) is 7.11 Å². The SMILES string of the molecule is COc1ccc(-c2nc(CCC(=O)O)cs2)cn1. The molecule has 0 aliphatic rings. The summed E-state index contributed by atoms with van der Waals surface area (Å²) in [4.78, 5) is 19.0. The molecule has 2 rings (SSSR count). The summed E-state index contributed by atoms with van der Waals surface area (Å²) in [7, 11) is 1.56. The minimum Gasteiger partial charge on any atom is -0.481 e. The molecule has 2 aromatic heterocycles. The van der Waals surface area contributed by atoms with E-state index in [0.717, 1.165) is 16.3 Å². The second kappa shape index (κ2) is 5.59. The maximum atomic E-state index is 10.5. The fourth-order valence-corrected chi connectivity index (χ4v) is 2.26. The highest BCUT2D eigenvalue weighted by Crippen LogP contribution is 2.24. The molecular weight excluding hydrogens is 252 g/mol. The number of carboxylic acids is 1. The maximum absolute atomic E-state index is 10.5. The Balaban J connectivity index is 2.10. The van der Waals surface area contributed by atoms with E-state index in [1.54, 1.807) is 19.4 Å². The van der Waals surface area contributed by atoms with Crippen LogP contribution in [0, 0.1) is 0 Å². The van der Waals surface area contributed by atoms with Crippen molar-refractivity contribution in [2.45, 2.75) is 12.8 Å². The first-order valence-electron chi connectivity index (χ1n) is 5.35. The van der Waals surface area contributed by atoms with Crippen molar-refractivity contribution >= 4 is 17.3 Å². The van der Waals surface area contributed by atoms with Crippen LogP contribution in [0.5, 0.6) is 5.88 Å². The number of aliphatic carboxylic acids is 1. The molecule has 0 saturated carbocycles. The van der Waals surface area contributed by atoms with Crippen LogP contribution in [0.4, 0.5) is 0 Å². The topological polar surface area (TPSA) is 72.3 Å². The third-order valence-corrected chi connectivity index (χ3v) is 3.28. The number of hydrogen-bond acceptors (Lipinski definition) is 5. The van der Waals surface area contributed by atoms with Gasteiger partial charge in [0.25, 0.3) is 0 Å². The summed E-state index contributed by atoms with van der Waals surface area (Å²) in [6.45, 7) is 0. The Bertz CT molecular complexity index is 537. The van der Waals surface area contributed by atoms with Crippen molar-refractivity contribution in [1.82, 2.24) is 9.97 Å². The Hall–Kier alpha value is -1.95. The van der Waals surface area contributed by atoms with E-state index in [1.807, 2.05) is 11.4 Å². The summed E-state index contributed by atoms with van der Waals surface area (Å²) in [5.41, 5.74) is 1.70. The molecule has 0 saturated heterocycles. The molecule has 2 aromatic rings. The van der Waals surface area contributed by atoms with Crippen molar-refractivity contribution in [3.63, 3.8) is 0 Å². The van der Waals surface area contributed by atoms with Crippen LogP contribution in [-0.2, 0) is 11.2 Å². The molecule has 0 radical (unpaired) electrons. The van der Waals surface area contributed by atoms with Gasteiger partial charge in [-0.25, -0.2) is 9.97 Å². The van der Waals surface area contributed by atoms with Gasteiger partial charge in [0.15, 0.2) is 0 Å². The Labute approximate surface area is 108 Å². The van der Waals surface area contributed by atoms with Crippen molar-refractivity contribution in [1.29, 1.82) is 0 Å². The third kappa shape index (κ3) is 3.04. The Kier molecular flexibility index (Phi) is 3.88. The molecule has 0 unspecified atom stereocenters. The lowest BCUT2D eigenvalue weighted by Gasteiger charge is -1.99. The molecule has 2 heterocycles. The van der Waals surface area contributed by atoms with E-state index in [4.69, 9.17) is 9.84 Å². The molecule has 0 bridgehead atoms. The number of carboxylic acid groups (broad SMARTS) is 1. The van der Waals surface area contributed by atoms with Gasteiger partial charge >= 0.3 is 5.97 Å². The molecule has 0 spiro atoms. The van der Waals surface area contributed by atoms with Gasteiger partial charge in [0, 0.05) is 29.6 Å². The highest BCUT2D eigenvalue weighted by molar-refractivity contribution is 7.13. The lowest BCUT2D eigenvalue weighted by atomic mass is 10.2. The standard InChI is InChI=1S/C12H12N2O3S/c1-17-10-4-2-8(6-13-10)12-14-9(7-18-12)3-5-11(15)16/h2,4,6-7H,3,5H2,1H3,(H,15,16). The van der Waals surface area contributed by atoms with Crippen molar-refractivity contribution in [2.24, 2.45) is 0 Å². The first-order valence-corrected chi connectivity index (χ1v) is 6.23. The third-order valence-electron chi connectivity index (χ3n) is 2.34. The number of aromatic nitrogens is 2. The number of hydrogen-bond donors (Lipinski definition) is 1. The van der Waals surface area contributed by atoms with E-state index in [1.165, 1.54) is 11.3 Å². The van der Waals surface area contributed by atoms with E-state index in [2.05, 4.69) is 9.97 Å². The molecule has 6 heteroatoms. The normalized spacial score (nSPS) is 10.3. The zero-order valence-electron chi connectivity index (χ0n) is 9.79. The van der Waals surface area contributed by atoms with Gasteiger partial charge in [-0.1, -0.05) is 0 Å². The van der Waals surface area contributed by atoms with Gasteiger partial charge < -0.3 is 9.84 Å². The molecule has 18 heavy (non-hydrogen) atoms. The average molecular weight is 264 g/mol. The van der Waals surface area contributed by atoms with E-state index in [-0.39, 0.29) is 6.42 Å². The Morgan fingerprint density at radius 3 is 2.94 bits per heavy atom. The van der Waals surface area contributed by atoms with E-state index in [0.29, 0.717) is 12.3 Å². The maximum Gasteiger partial charge on any atom is 0.303 e. The van der Waals surface area contributed by atoms with Gasteiger partial charge in [0.05, 0.1) is 19.2 Å². The number of pyridine rings is 1. The molecule has 0 atom stereocenters. The smallest absolute Gasteiger partial charge is 0.303 e. The lowest BCUT2D eigenvalue weighted by molar-refractivity contribution is -0.136. The molecule has 0 fully saturated rings. The number of methoxy groups -OCH3 is 1. The number of nitrogens with zero attached hydrogens (tertiary/aromatic N) is 2. The van der Waals surface area contributed by atoms with E-state index in [9.17, 15) is 4.79 Å². The van der Waals surface area contributed by atoms with Crippen molar-refractivity contribution < 1.29 is 14.6 Å². The van der Waals surface area contributed by atoms with Gasteiger partial charge in [-0.2, -0.15) is 0 Å². The monoisotopic (exact) mass is 264 g/mol. The van der Waals surface area contributed by atoms with E-state index >= 15 is 0 Å². The van der Waals surface area contributed by atoms with Gasteiger partial charge in [-0.15, -0.1) is 11.3 Å². The second-order valence-electron chi connectivity index (χ2n) is 3.63. The summed E-state index contributed by atoms with van der Waals surface area (Å²) in [5.74, 6) is -0.253. The fraction of sp³-hybridized carbons (Fsp3) is 0.250. The number of carbonyl (C=O) groups is 1. The van der Waals surface area contributed by atoms with Crippen LogP contribution in [0.15, 0.2) is 23.7 Å². The van der Waals surface area contributed by atoms with Crippen LogP contribution >= 0.6 is 11.3 Å². The van der Waals surface area contributed by atoms with Crippen LogP contribution in [0.2, 0.25) is 0 Å². The van der Waals surface area contributed by atoms with Crippen LogP contribution in [0.1, 0.15) is 12.1 Å². The minimum atomic E-state index is -0.810. The zero-order chi connectivity index (χ0) is 13.0. The van der Waals surface area contributed by atoms with Crippen molar-refractivity contribution in [3.8, 4) is 16.5 Å². The summed E-state index contributed by atoms with van der Waals surface area (Å²) in [6, 6.07) is 3.65. The summed E-state index contributed by atoms with van der Waals surface area (Å²) in [6.07, 6.45) is 2.25. The predicted octanol–water partition coefficient (Wildman–Crippen LogP) is 2.23. The summed E-state index contributed by atoms with van der Waals surface area (Å²) < 4.78 is 4.98. The predicted molar refractivity (Wildman–Crippen MR) is 67.9 cm³/mol. The largest absolute Gasteiger partial charge is 0.481 e. The molecule has 0 aromatic carbocycles. The highest BCUT2D eigenvalue weighted by atomic mass is 32.1. The number of rotatable bonds is 5. The highest BCUT2D eigenvalue weighted by Gasteiger charge is 2.07. The fourth-order valence-electron chi connectivity index (χ4n) is 1.42. The molecule has 0 amide bonds. The number of thiazole rings is 1. The molecule has 0 aliphatic carbocycles. The van der Waals surface area contributed by atoms with Crippen LogP contribution < -0.4 is 4.74 Å². The van der Waals surface area contributed by atoms with Crippen molar-refractivity contribution in [3.05, 3.63) is 29.4 Å². The summed E-state index contributed by atoms with van der Waals surface area (Å²) in [5, 5.41) is 11.3. The van der Waals surface area contributed by atoms with Crippen LogP contribution in [0.25, 0.3) is 10.6 Å². The molecular formula is C12H12N2O3S. The van der Waals surface area contributed by atoms with Crippen LogP contribution in [-0.4, -0.2) is 28.2 Å². The van der Waals surface area contributed by atoms with E-state index < -0.39 is 5.97 Å². The number of ether oxygens (including phenoxy) is 1. The minimum absolute atomic E-state index is 0.101. The molecule has 94 valence electrons. The average Bonchev–Trinajstić information content (AvgIpc) is 2.85. The molecule has 0 aliphatic heterocycles. The van der Waals surface area contributed by atoms with Gasteiger partial charge in [0.2, 0.25) is 5.88 Å². The summed E-state index contributed by atoms with van der Waals surface area (Å²) >= 11 is 1.48. The molecule has 1 N–H and O–H groups in total. The second-order valence-corrected chi connectivity index (χ2v) is 4.49. The van der Waals surface area contributed by atoms with Gasteiger partial charge in [0.1, 0.15) is 5.01 Å². The van der Waals surface area contributed by atoms with Gasteiger partial charge in [-0.05, 0) is 6.07 Å². The molecule has 5 nitrogen and oxygen atoms in total.